The van der Waals surface area contributed by atoms with Crippen LogP contribution in [0.5, 0.6) is 5.75 Å². The van der Waals surface area contributed by atoms with Crippen molar-refractivity contribution in [1.29, 1.82) is 0 Å². The first-order valence-electron chi connectivity index (χ1n) is 5.85. The number of hydrogen-bond acceptors (Lipinski definition) is 4. The molecule has 0 aliphatic carbocycles. The molecule has 0 saturated carbocycles. The highest BCUT2D eigenvalue weighted by Gasteiger charge is 2.11. The maximum Gasteiger partial charge on any atom is 0.347 e. The van der Waals surface area contributed by atoms with Crippen LogP contribution in [-0.4, -0.2) is 7.11 Å². The molecule has 0 aliphatic rings. The van der Waals surface area contributed by atoms with Gasteiger partial charge < -0.3 is 13.6 Å². The number of benzene rings is 1. The van der Waals surface area contributed by atoms with Crippen molar-refractivity contribution in [2.45, 2.75) is 6.92 Å². The van der Waals surface area contributed by atoms with E-state index in [2.05, 4.69) is 0 Å². The predicted molar refractivity (Wildman–Crippen MR) is 71.5 cm³/mol. The average molecular weight is 256 g/mol. The fraction of sp³-hybridized carbons (Fsp3) is 0.133. The van der Waals surface area contributed by atoms with Crippen LogP contribution in [0.4, 0.5) is 0 Å². The Bertz CT molecular complexity index is 778. The standard InChI is InChI=1S/C15H12O4/c1-9-8-18-13-7-12(19-15(16)14(9)13)10-3-5-11(17-2)6-4-10/h3-8H,1-2H3. The first-order chi connectivity index (χ1) is 9.19. The van der Waals surface area contributed by atoms with Gasteiger partial charge in [0.1, 0.15) is 22.5 Å². The minimum absolute atomic E-state index is 0.380. The second-order valence-corrected chi connectivity index (χ2v) is 4.28. The third kappa shape index (κ3) is 1.91. The number of ether oxygens (including phenoxy) is 1. The molecule has 0 unspecified atom stereocenters. The van der Waals surface area contributed by atoms with E-state index in [4.69, 9.17) is 13.6 Å². The lowest BCUT2D eigenvalue weighted by Crippen LogP contribution is -1.99. The smallest absolute Gasteiger partial charge is 0.347 e. The molecule has 2 aromatic heterocycles. The SMILES string of the molecule is COc1ccc(-c2cc3occ(C)c3c(=O)o2)cc1. The molecule has 3 aromatic rings. The molecule has 0 radical (unpaired) electrons. The molecule has 1 aromatic carbocycles. The van der Waals surface area contributed by atoms with E-state index >= 15 is 0 Å². The summed E-state index contributed by atoms with van der Waals surface area (Å²) in [6, 6.07) is 9.02. The van der Waals surface area contributed by atoms with Crippen LogP contribution < -0.4 is 10.4 Å². The van der Waals surface area contributed by atoms with Gasteiger partial charge in [-0.15, -0.1) is 0 Å². The van der Waals surface area contributed by atoms with Crippen molar-refractivity contribution >= 4 is 11.0 Å². The molecule has 0 atom stereocenters. The molecule has 19 heavy (non-hydrogen) atoms. The summed E-state index contributed by atoms with van der Waals surface area (Å²) in [5, 5.41) is 0.497. The first kappa shape index (κ1) is 11.6. The van der Waals surface area contributed by atoms with Crippen LogP contribution >= 0.6 is 0 Å². The lowest BCUT2D eigenvalue weighted by molar-refractivity contribution is 0.415. The monoisotopic (exact) mass is 256 g/mol. The molecule has 0 spiro atoms. The Kier molecular flexibility index (Phi) is 2.63. The van der Waals surface area contributed by atoms with Gasteiger partial charge in [-0.3, -0.25) is 0 Å². The Morgan fingerprint density at radius 1 is 1.16 bits per heavy atom. The van der Waals surface area contributed by atoms with Crippen LogP contribution in [0.2, 0.25) is 0 Å². The fourth-order valence-electron chi connectivity index (χ4n) is 2.03. The lowest BCUT2D eigenvalue weighted by atomic mass is 10.1. The Hall–Kier alpha value is -2.49. The maximum absolute atomic E-state index is 11.9. The third-order valence-electron chi connectivity index (χ3n) is 3.05. The van der Waals surface area contributed by atoms with E-state index < -0.39 is 0 Å². The van der Waals surface area contributed by atoms with Gasteiger partial charge in [-0.25, -0.2) is 4.79 Å². The van der Waals surface area contributed by atoms with Crippen LogP contribution in [0.3, 0.4) is 0 Å². The zero-order chi connectivity index (χ0) is 13.4. The van der Waals surface area contributed by atoms with Crippen LogP contribution in [0, 0.1) is 6.92 Å². The van der Waals surface area contributed by atoms with Gasteiger partial charge in [0.2, 0.25) is 0 Å². The Labute approximate surface area is 109 Å². The second-order valence-electron chi connectivity index (χ2n) is 4.28. The minimum Gasteiger partial charge on any atom is -0.497 e. The average Bonchev–Trinajstić information content (AvgIpc) is 2.81. The second kappa shape index (κ2) is 4.31. The van der Waals surface area contributed by atoms with Crippen LogP contribution in [0.25, 0.3) is 22.3 Å². The molecule has 4 nitrogen and oxygen atoms in total. The maximum atomic E-state index is 11.9. The van der Waals surface area contributed by atoms with E-state index in [-0.39, 0.29) is 5.63 Å². The van der Waals surface area contributed by atoms with E-state index in [1.807, 2.05) is 31.2 Å². The Balaban J connectivity index is 2.17. The van der Waals surface area contributed by atoms with E-state index in [0.717, 1.165) is 16.9 Å². The summed E-state index contributed by atoms with van der Waals surface area (Å²) in [5.41, 5.74) is 1.74. The van der Waals surface area contributed by atoms with Gasteiger partial charge in [-0.2, -0.15) is 0 Å². The van der Waals surface area contributed by atoms with E-state index in [1.54, 1.807) is 19.4 Å². The number of rotatable bonds is 2. The number of aryl methyl sites for hydroxylation is 1. The van der Waals surface area contributed by atoms with E-state index in [0.29, 0.717) is 16.7 Å². The summed E-state index contributed by atoms with van der Waals surface area (Å²) in [6.07, 6.45) is 1.55. The molecule has 96 valence electrons. The molecule has 0 saturated heterocycles. The van der Waals surface area contributed by atoms with Gasteiger partial charge in [0.15, 0.2) is 0 Å². The van der Waals surface area contributed by atoms with Crippen LogP contribution in [0.15, 0.2) is 50.2 Å². The van der Waals surface area contributed by atoms with Gasteiger partial charge in [0.05, 0.1) is 13.4 Å². The molecular formula is C15H12O4. The summed E-state index contributed by atoms with van der Waals surface area (Å²) in [4.78, 5) is 11.9. The zero-order valence-electron chi connectivity index (χ0n) is 10.6. The topological polar surface area (TPSA) is 52.6 Å². The van der Waals surface area contributed by atoms with Crippen LogP contribution in [-0.2, 0) is 0 Å². The Morgan fingerprint density at radius 3 is 2.58 bits per heavy atom. The third-order valence-corrected chi connectivity index (χ3v) is 3.05. The highest BCUT2D eigenvalue weighted by molar-refractivity contribution is 5.82. The Morgan fingerprint density at radius 2 is 1.89 bits per heavy atom. The van der Waals surface area contributed by atoms with E-state index in [9.17, 15) is 4.79 Å². The minimum atomic E-state index is -0.380. The molecular weight excluding hydrogens is 244 g/mol. The molecule has 3 rings (SSSR count). The fourth-order valence-corrected chi connectivity index (χ4v) is 2.03. The van der Waals surface area contributed by atoms with Crippen molar-refractivity contribution in [2.24, 2.45) is 0 Å². The number of fused-ring (bicyclic) bond motifs is 1. The molecule has 0 fully saturated rings. The van der Waals surface area contributed by atoms with Gasteiger partial charge in [-0.1, -0.05) is 0 Å². The van der Waals surface area contributed by atoms with Crippen molar-refractivity contribution in [3.63, 3.8) is 0 Å². The van der Waals surface area contributed by atoms with Gasteiger partial charge in [0.25, 0.3) is 0 Å². The largest absolute Gasteiger partial charge is 0.497 e. The summed E-state index contributed by atoms with van der Waals surface area (Å²) < 4.78 is 15.8. The lowest BCUT2D eigenvalue weighted by Gasteiger charge is -2.02. The summed E-state index contributed by atoms with van der Waals surface area (Å²) in [5.74, 6) is 1.23. The predicted octanol–water partition coefficient (Wildman–Crippen LogP) is 3.37. The van der Waals surface area contributed by atoms with Crippen LogP contribution in [0.1, 0.15) is 5.56 Å². The molecule has 0 aliphatic heterocycles. The van der Waals surface area contributed by atoms with Crippen molar-refractivity contribution in [1.82, 2.24) is 0 Å². The van der Waals surface area contributed by atoms with Crippen molar-refractivity contribution in [2.75, 3.05) is 7.11 Å². The summed E-state index contributed by atoms with van der Waals surface area (Å²) in [7, 11) is 1.60. The van der Waals surface area contributed by atoms with Gasteiger partial charge in [-0.05, 0) is 31.2 Å². The highest BCUT2D eigenvalue weighted by Crippen LogP contribution is 2.25. The number of furan rings is 1. The van der Waals surface area contributed by atoms with Gasteiger partial charge >= 0.3 is 5.63 Å². The quantitative estimate of drug-likeness (QED) is 0.705. The summed E-state index contributed by atoms with van der Waals surface area (Å²) >= 11 is 0. The van der Waals surface area contributed by atoms with Gasteiger partial charge in [0, 0.05) is 17.2 Å². The normalized spacial score (nSPS) is 10.8. The summed E-state index contributed by atoms with van der Waals surface area (Å²) in [6.45, 7) is 1.82. The first-order valence-corrected chi connectivity index (χ1v) is 5.85. The van der Waals surface area contributed by atoms with Crippen molar-refractivity contribution in [3.8, 4) is 17.1 Å². The highest BCUT2D eigenvalue weighted by atomic mass is 16.5. The molecule has 0 N–H and O–H groups in total. The number of hydrogen-bond donors (Lipinski definition) is 0. The molecule has 0 amide bonds. The number of methoxy groups -OCH3 is 1. The van der Waals surface area contributed by atoms with Crippen molar-refractivity contribution in [3.05, 3.63) is 52.6 Å². The molecule has 0 bridgehead atoms. The van der Waals surface area contributed by atoms with E-state index in [1.165, 1.54) is 0 Å². The zero-order valence-corrected chi connectivity index (χ0v) is 10.6. The molecule has 2 heterocycles. The molecule has 4 heteroatoms. The van der Waals surface area contributed by atoms with Crippen molar-refractivity contribution < 1.29 is 13.6 Å².